The molecular formula is C26H25N7O. The number of nitrogens with two attached hydrogens (primary N) is 2. The highest BCUT2D eigenvalue weighted by Crippen LogP contribution is 2.31. The summed E-state index contributed by atoms with van der Waals surface area (Å²) in [5.41, 5.74) is 15.5. The fourth-order valence-corrected chi connectivity index (χ4v) is 3.83. The van der Waals surface area contributed by atoms with Crippen molar-refractivity contribution >= 4 is 16.7 Å². The molecule has 0 amide bonds. The summed E-state index contributed by atoms with van der Waals surface area (Å²) in [5.74, 6) is 2.54. The molecule has 4 heterocycles. The first-order valence-electron chi connectivity index (χ1n) is 11.1. The van der Waals surface area contributed by atoms with Crippen molar-refractivity contribution in [1.82, 2.24) is 19.9 Å². The van der Waals surface area contributed by atoms with Crippen LogP contribution in [0.5, 0.6) is 0 Å². The van der Waals surface area contributed by atoms with Crippen LogP contribution in [0.2, 0.25) is 0 Å². The maximum Gasteiger partial charge on any atom is 0.162 e. The molecule has 0 aliphatic rings. The molecule has 0 fully saturated rings. The van der Waals surface area contributed by atoms with E-state index in [0.29, 0.717) is 47.5 Å². The molecule has 0 spiro atoms. The predicted octanol–water partition coefficient (Wildman–Crippen LogP) is 3.79. The Labute approximate surface area is 197 Å². The van der Waals surface area contributed by atoms with Gasteiger partial charge in [-0.3, -0.25) is 9.97 Å². The maximum atomic E-state index is 6.43. The van der Waals surface area contributed by atoms with Gasteiger partial charge in [-0.2, -0.15) is 0 Å². The van der Waals surface area contributed by atoms with Crippen LogP contribution in [0, 0.1) is 0 Å². The van der Waals surface area contributed by atoms with Crippen LogP contribution in [0.1, 0.15) is 11.3 Å². The van der Waals surface area contributed by atoms with Crippen LogP contribution >= 0.6 is 0 Å². The van der Waals surface area contributed by atoms with E-state index in [1.54, 1.807) is 18.6 Å². The monoisotopic (exact) mass is 451 g/mol. The zero-order valence-electron chi connectivity index (χ0n) is 18.6. The average molecular weight is 452 g/mol. The number of aromatic nitrogens is 4. The Hall–Kier alpha value is -4.14. The number of fused-ring (bicyclic) bond motifs is 1. The Kier molecular flexibility index (Phi) is 6.24. The van der Waals surface area contributed by atoms with E-state index in [0.717, 1.165) is 17.4 Å². The lowest BCUT2D eigenvalue weighted by atomic mass is 10.1. The normalized spacial score (nSPS) is 12.1. The van der Waals surface area contributed by atoms with Crippen LogP contribution in [0.3, 0.4) is 0 Å². The zero-order chi connectivity index (χ0) is 23.3. The van der Waals surface area contributed by atoms with Crippen LogP contribution in [-0.4, -0.2) is 32.5 Å². The van der Waals surface area contributed by atoms with Gasteiger partial charge < -0.3 is 21.2 Å². The van der Waals surface area contributed by atoms with Gasteiger partial charge in [0, 0.05) is 42.1 Å². The number of rotatable bonds is 8. The summed E-state index contributed by atoms with van der Waals surface area (Å²) < 4.78 is 5.88. The Balaban J connectivity index is 1.53. The molecule has 4 aromatic heterocycles. The molecule has 5 rings (SSSR count). The van der Waals surface area contributed by atoms with E-state index >= 15 is 0 Å². The lowest BCUT2D eigenvalue weighted by molar-refractivity contribution is 0.524. The average Bonchev–Trinajstić information content (AvgIpc) is 3.37. The summed E-state index contributed by atoms with van der Waals surface area (Å²) in [4.78, 5) is 18.3. The third-order valence-electron chi connectivity index (χ3n) is 5.52. The molecule has 0 aliphatic carbocycles. The van der Waals surface area contributed by atoms with Gasteiger partial charge in [-0.1, -0.05) is 30.3 Å². The first-order chi connectivity index (χ1) is 16.7. The standard InChI is InChI=1S/C26H25N7O/c27-15-20-6-7-22(34-20)24-23-21(10-13-30-24)26(33-25(32-23)18-8-11-29-12-9-18)31-16-19(28)14-17-4-2-1-3-5-17/h1-13,19H,14-16,27-28H2,(H,31,32,33)/t19-/m0/s1. The second-order valence-corrected chi connectivity index (χ2v) is 7.99. The molecule has 0 saturated heterocycles. The van der Waals surface area contributed by atoms with E-state index in [2.05, 4.69) is 27.4 Å². The highest BCUT2D eigenvalue weighted by atomic mass is 16.3. The van der Waals surface area contributed by atoms with E-state index in [1.807, 2.05) is 48.5 Å². The number of furan rings is 1. The molecule has 8 nitrogen and oxygen atoms in total. The molecule has 5 N–H and O–H groups in total. The highest BCUT2D eigenvalue weighted by Gasteiger charge is 2.17. The van der Waals surface area contributed by atoms with Gasteiger partial charge in [-0.25, -0.2) is 9.97 Å². The van der Waals surface area contributed by atoms with E-state index in [1.165, 1.54) is 5.56 Å². The van der Waals surface area contributed by atoms with E-state index < -0.39 is 0 Å². The lowest BCUT2D eigenvalue weighted by Gasteiger charge is -2.16. The number of nitrogens with zero attached hydrogens (tertiary/aromatic N) is 4. The fraction of sp³-hybridized carbons (Fsp3) is 0.154. The largest absolute Gasteiger partial charge is 0.458 e. The maximum absolute atomic E-state index is 6.43. The molecule has 0 bridgehead atoms. The van der Waals surface area contributed by atoms with Crippen LogP contribution in [0.4, 0.5) is 5.82 Å². The summed E-state index contributed by atoms with van der Waals surface area (Å²) in [5, 5.41) is 4.28. The summed E-state index contributed by atoms with van der Waals surface area (Å²) in [6.45, 7) is 0.862. The fourth-order valence-electron chi connectivity index (χ4n) is 3.83. The van der Waals surface area contributed by atoms with Gasteiger partial charge in [0.15, 0.2) is 11.6 Å². The molecule has 170 valence electrons. The van der Waals surface area contributed by atoms with Gasteiger partial charge in [-0.15, -0.1) is 0 Å². The minimum absolute atomic E-state index is 0.0877. The first-order valence-corrected chi connectivity index (χ1v) is 11.1. The number of pyridine rings is 2. The van der Waals surface area contributed by atoms with Crippen molar-refractivity contribution < 1.29 is 4.42 Å². The van der Waals surface area contributed by atoms with E-state index in [4.69, 9.17) is 25.9 Å². The highest BCUT2D eigenvalue weighted by molar-refractivity contribution is 5.97. The second-order valence-electron chi connectivity index (χ2n) is 7.99. The summed E-state index contributed by atoms with van der Waals surface area (Å²) in [7, 11) is 0. The molecule has 8 heteroatoms. The minimum atomic E-state index is -0.0877. The molecule has 34 heavy (non-hydrogen) atoms. The van der Waals surface area contributed by atoms with Crippen molar-refractivity contribution in [3.8, 4) is 22.8 Å². The van der Waals surface area contributed by atoms with Crippen molar-refractivity contribution in [3.63, 3.8) is 0 Å². The molecule has 0 aliphatic heterocycles. The van der Waals surface area contributed by atoms with Crippen LogP contribution < -0.4 is 16.8 Å². The Bertz CT molecular complexity index is 1390. The Morgan fingerprint density at radius 2 is 1.74 bits per heavy atom. The molecular weight excluding hydrogens is 426 g/mol. The smallest absolute Gasteiger partial charge is 0.162 e. The van der Waals surface area contributed by atoms with Gasteiger partial charge in [0.1, 0.15) is 22.8 Å². The minimum Gasteiger partial charge on any atom is -0.458 e. The Morgan fingerprint density at radius 1 is 0.912 bits per heavy atom. The number of anilines is 1. The molecule has 0 radical (unpaired) electrons. The summed E-state index contributed by atoms with van der Waals surface area (Å²) >= 11 is 0. The number of hydrogen-bond donors (Lipinski definition) is 3. The van der Waals surface area contributed by atoms with Crippen LogP contribution in [-0.2, 0) is 13.0 Å². The Morgan fingerprint density at radius 3 is 2.50 bits per heavy atom. The first kappa shape index (κ1) is 21.7. The molecule has 0 unspecified atom stereocenters. The SMILES string of the molecule is NCc1ccc(-c2nccc3c(NC[C@@H](N)Cc4ccccc4)nc(-c4ccncc4)nc23)o1. The van der Waals surface area contributed by atoms with E-state index in [-0.39, 0.29) is 6.04 Å². The number of hydrogen-bond acceptors (Lipinski definition) is 8. The lowest BCUT2D eigenvalue weighted by Crippen LogP contribution is -2.31. The third kappa shape index (κ3) is 4.63. The van der Waals surface area contributed by atoms with Gasteiger partial charge in [0.2, 0.25) is 0 Å². The molecule has 1 atom stereocenters. The number of benzene rings is 1. The summed E-state index contributed by atoms with van der Waals surface area (Å²) in [6, 6.07) is 19.5. The van der Waals surface area contributed by atoms with Crippen molar-refractivity contribution in [2.75, 3.05) is 11.9 Å². The van der Waals surface area contributed by atoms with Gasteiger partial charge in [-0.05, 0) is 42.3 Å². The molecule has 1 aromatic carbocycles. The molecule has 5 aromatic rings. The van der Waals surface area contributed by atoms with Crippen molar-refractivity contribution in [2.24, 2.45) is 11.5 Å². The summed E-state index contributed by atoms with van der Waals surface area (Å²) in [6.07, 6.45) is 5.92. The zero-order valence-corrected chi connectivity index (χ0v) is 18.6. The third-order valence-corrected chi connectivity index (χ3v) is 5.52. The second kappa shape index (κ2) is 9.78. The predicted molar refractivity (Wildman–Crippen MR) is 133 cm³/mol. The van der Waals surface area contributed by atoms with Gasteiger partial charge in [0.25, 0.3) is 0 Å². The quantitative estimate of drug-likeness (QED) is 0.325. The van der Waals surface area contributed by atoms with Crippen molar-refractivity contribution in [3.05, 3.63) is 90.6 Å². The van der Waals surface area contributed by atoms with Crippen LogP contribution in [0.15, 0.2) is 83.7 Å². The van der Waals surface area contributed by atoms with Gasteiger partial charge >= 0.3 is 0 Å². The van der Waals surface area contributed by atoms with Crippen LogP contribution in [0.25, 0.3) is 33.7 Å². The van der Waals surface area contributed by atoms with E-state index in [9.17, 15) is 0 Å². The number of nitrogens with one attached hydrogen (secondary N) is 1. The molecule has 0 saturated carbocycles. The van der Waals surface area contributed by atoms with Gasteiger partial charge in [0.05, 0.1) is 6.54 Å². The van der Waals surface area contributed by atoms with Crippen molar-refractivity contribution in [1.29, 1.82) is 0 Å². The van der Waals surface area contributed by atoms with Crippen molar-refractivity contribution in [2.45, 2.75) is 19.0 Å². The topological polar surface area (TPSA) is 129 Å².